The summed E-state index contributed by atoms with van der Waals surface area (Å²) in [7, 11) is 1.79. The van der Waals surface area contributed by atoms with Crippen LogP contribution in [0.25, 0.3) is 16.9 Å². The van der Waals surface area contributed by atoms with E-state index in [2.05, 4.69) is 41.0 Å². The molecule has 4 heterocycles. The molecule has 4 N–H and O–H groups in total. The lowest BCUT2D eigenvalue weighted by atomic mass is 10.2. The Balaban J connectivity index is 1.34. The summed E-state index contributed by atoms with van der Waals surface area (Å²) in [6.45, 7) is 0.0475. The molecule has 0 bridgehead atoms. The molecule has 13 heteroatoms. The maximum atomic E-state index is 12.8. The molecular formula is C21H18ClN11O. The van der Waals surface area contributed by atoms with Crippen molar-refractivity contribution in [1.29, 1.82) is 0 Å². The Morgan fingerprint density at radius 1 is 1.18 bits per heavy atom. The van der Waals surface area contributed by atoms with Crippen LogP contribution in [0.3, 0.4) is 0 Å². The third-order valence-corrected chi connectivity index (χ3v) is 5.08. The smallest absolute Gasteiger partial charge is 0.274 e. The summed E-state index contributed by atoms with van der Waals surface area (Å²) in [5, 5.41) is 23.4. The molecule has 0 aliphatic rings. The zero-order valence-corrected chi connectivity index (χ0v) is 18.6. The summed E-state index contributed by atoms with van der Waals surface area (Å²) >= 11 is 6.04. The van der Waals surface area contributed by atoms with Gasteiger partial charge in [-0.05, 0) is 30.3 Å². The number of hydrogen-bond acceptors (Lipinski definition) is 9. The van der Waals surface area contributed by atoms with Gasteiger partial charge in [0.25, 0.3) is 5.91 Å². The lowest BCUT2D eigenvalue weighted by molar-refractivity contribution is 0.0945. The molecule has 0 atom stereocenters. The maximum absolute atomic E-state index is 12.8. The fourth-order valence-electron chi connectivity index (χ4n) is 3.23. The van der Waals surface area contributed by atoms with E-state index >= 15 is 0 Å². The van der Waals surface area contributed by atoms with Crippen LogP contribution in [0, 0.1) is 0 Å². The van der Waals surface area contributed by atoms with Gasteiger partial charge in [0.1, 0.15) is 0 Å². The van der Waals surface area contributed by atoms with E-state index in [0.29, 0.717) is 28.0 Å². The van der Waals surface area contributed by atoms with Crippen LogP contribution in [0.4, 0.5) is 17.3 Å². The second kappa shape index (κ2) is 8.75. The van der Waals surface area contributed by atoms with E-state index < -0.39 is 5.91 Å². The number of rotatable bonds is 6. The molecule has 1 amide bonds. The van der Waals surface area contributed by atoms with Crippen molar-refractivity contribution in [2.45, 2.75) is 6.54 Å². The van der Waals surface area contributed by atoms with Crippen LogP contribution in [0.15, 0.2) is 55.0 Å². The summed E-state index contributed by atoms with van der Waals surface area (Å²) in [5.74, 6) is 0.498. The van der Waals surface area contributed by atoms with E-state index in [1.165, 1.54) is 10.7 Å². The van der Waals surface area contributed by atoms with Gasteiger partial charge in [-0.25, -0.2) is 9.97 Å². The minimum Gasteiger partial charge on any atom is -0.382 e. The van der Waals surface area contributed by atoms with Gasteiger partial charge in [0, 0.05) is 29.5 Å². The second-order valence-electron chi connectivity index (χ2n) is 7.31. The number of hydrogen-bond donors (Lipinski definition) is 3. The summed E-state index contributed by atoms with van der Waals surface area (Å²) in [6.07, 6.45) is 4.89. The number of aryl methyl sites for hydroxylation is 1. The number of anilines is 3. The molecule has 5 aromatic rings. The number of fused-ring (bicyclic) bond motifs is 1. The van der Waals surface area contributed by atoms with Crippen molar-refractivity contribution in [3.05, 3.63) is 71.5 Å². The predicted molar refractivity (Wildman–Crippen MR) is 125 cm³/mol. The van der Waals surface area contributed by atoms with Crippen molar-refractivity contribution in [1.82, 2.24) is 44.9 Å². The number of halogens is 1. The number of amides is 1. The largest absolute Gasteiger partial charge is 0.382 e. The minimum atomic E-state index is -0.499. The molecule has 0 unspecified atom stereocenters. The number of nitrogens with zero attached hydrogens (tertiary/aromatic N) is 8. The molecule has 4 aromatic heterocycles. The number of nitrogens with two attached hydrogens (primary N) is 1. The number of nitrogens with one attached hydrogen (secondary N) is 2. The standard InChI is InChI=1S/C21H18ClN11O/c1-32-11-12(8-26-32)15-9-24-20(23)19(28-15)21(34)25-10-18-30-29-17-6-5-16(31-33(17)18)27-14-4-2-3-13(22)7-14/h2-9,11H,10H2,1H3,(H2,23,24)(H,25,34)(H,27,31). The van der Waals surface area contributed by atoms with Crippen molar-refractivity contribution < 1.29 is 4.79 Å². The van der Waals surface area contributed by atoms with Gasteiger partial charge < -0.3 is 16.4 Å². The molecule has 0 radical (unpaired) electrons. The Kier molecular flexibility index (Phi) is 5.47. The Morgan fingerprint density at radius 3 is 2.85 bits per heavy atom. The first-order valence-corrected chi connectivity index (χ1v) is 10.5. The van der Waals surface area contributed by atoms with Gasteiger partial charge >= 0.3 is 0 Å². The topological polar surface area (TPSA) is 154 Å². The van der Waals surface area contributed by atoms with Gasteiger partial charge in [-0.3, -0.25) is 9.48 Å². The molecule has 5 rings (SSSR count). The SMILES string of the molecule is Cn1cc(-c2cnc(N)c(C(=O)NCc3nnc4ccc(Nc5cccc(Cl)c5)nn34)n2)cn1. The van der Waals surface area contributed by atoms with Crippen LogP contribution in [0.2, 0.25) is 5.02 Å². The highest BCUT2D eigenvalue weighted by molar-refractivity contribution is 6.30. The Bertz CT molecular complexity index is 1510. The van der Waals surface area contributed by atoms with Gasteiger partial charge in [0.05, 0.1) is 24.6 Å². The first-order chi connectivity index (χ1) is 16.5. The van der Waals surface area contributed by atoms with Crippen LogP contribution in [0.1, 0.15) is 16.3 Å². The van der Waals surface area contributed by atoms with E-state index in [4.69, 9.17) is 17.3 Å². The monoisotopic (exact) mass is 475 g/mol. The average molecular weight is 476 g/mol. The highest BCUT2D eigenvalue weighted by atomic mass is 35.5. The van der Waals surface area contributed by atoms with Crippen molar-refractivity contribution in [2.24, 2.45) is 7.05 Å². The van der Waals surface area contributed by atoms with Gasteiger partial charge in [-0.1, -0.05) is 17.7 Å². The van der Waals surface area contributed by atoms with E-state index in [-0.39, 0.29) is 18.1 Å². The average Bonchev–Trinajstić information content (AvgIpc) is 3.44. The fraction of sp³-hybridized carbons (Fsp3) is 0.0952. The lowest BCUT2D eigenvalue weighted by Gasteiger charge is -2.08. The zero-order valence-electron chi connectivity index (χ0n) is 17.8. The maximum Gasteiger partial charge on any atom is 0.274 e. The molecule has 170 valence electrons. The van der Waals surface area contributed by atoms with Gasteiger partial charge in [0.15, 0.2) is 28.8 Å². The third kappa shape index (κ3) is 4.34. The molecule has 0 spiro atoms. The summed E-state index contributed by atoms with van der Waals surface area (Å²) in [5.41, 5.74) is 8.42. The molecular weight excluding hydrogens is 458 g/mol. The van der Waals surface area contributed by atoms with Crippen molar-refractivity contribution in [3.8, 4) is 11.3 Å². The van der Waals surface area contributed by atoms with Gasteiger partial charge in [-0.15, -0.1) is 15.3 Å². The van der Waals surface area contributed by atoms with Crippen LogP contribution >= 0.6 is 11.6 Å². The van der Waals surface area contributed by atoms with E-state index in [1.807, 2.05) is 12.1 Å². The summed E-state index contributed by atoms with van der Waals surface area (Å²) < 4.78 is 3.17. The minimum absolute atomic E-state index is 0.00597. The van der Waals surface area contributed by atoms with Gasteiger partial charge in [0.2, 0.25) is 0 Å². The molecule has 1 aromatic carbocycles. The molecule has 0 fully saturated rings. The normalized spacial score (nSPS) is 11.0. The van der Waals surface area contributed by atoms with E-state index in [9.17, 15) is 4.79 Å². The highest BCUT2D eigenvalue weighted by Crippen LogP contribution is 2.20. The highest BCUT2D eigenvalue weighted by Gasteiger charge is 2.17. The Hall–Kier alpha value is -4.58. The number of carbonyl (C=O) groups is 1. The number of nitrogen functional groups attached to an aromatic ring is 1. The van der Waals surface area contributed by atoms with Crippen LogP contribution in [0.5, 0.6) is 0 Å². The quantitative estimate of drug-likeness (QED) is 0.335. The molecule has 12 nitrogen and oxygen atoms in total. The fourth-order valence-corrected chi connectivity index (χ4v) is 3.42. The first-order valence-electron chi connectivity index (χ1n) is 10.1. The van der Waals surface area contributed by atoms with Crippen LogP contribution in [-0.4, -0.2) is 45.5 Å². The molecule has 0 saturated heterocycles. The molecule has 0 aliphatic carbocycles. The van der Waals surface area contributed by atoms with E-state index in [1.54, 1.807) is 48.4 Å². The van der Waals surface area contributed by atoms with Crippen molar-refractivity contribution in [2.75, 3.05) is 11.1 Å². The Morgan fingerprint density at radius 2 is 2.06 bits per heavy atom. The lowest BCUT2D eigenvalue weighted by Crippen LogP contribution is -2.26. The van der Waals surface area contributed by atoms with Crippen molar-refractivity contribution >= 4 is 40.5 Å². The van der Waals surface area contributed by atoms with Crippen molar-refractivity contribution in [3.63, 3.8) is 0 Å². The summed E-state index contributed by atoms with van der Waals surface area (Å²) in [4.78, 5) is 21.3. The number of benzene rings is 1. The molecule has 0 saturated carbocycles. The second-order valence-corrected chi connectivity index (χ2v) is 7.75. The third-order valence-electron chi connectivity index (χ3n) is 4.85. The first kappa shape index (κ1) is 21.3. The molecule has 0 aliphatic heterocycles. The van der Waals surface area contributed by atoms with Gasteiger partial charge in [-0.2, -0.15) is 9.61 Å². The zero-order chi connectivity index (χ0) is 23.7. The van der Waals surface area contributed by atoms with Crippen LogP contribution in [-0.2, 0) is 13.6 Å². The number of aromatic nitrogens is 8. The van der Waals surface area contributed by atoms with Crippen LogP contribution < -0.4 is 16.4 Å². The predicted octanol–water partition coefficient (Wildman–Crippen LogP) is 2.22. The van der Waals surface area contributed by atoms with E-state index in [0.717, 1.165) is 11.3 Å². The Labute approximate surface area is 197 Å². The number of carbonyl (C=O) groups excluding carboxylic acids is 1. The summed E-state index contributed by atoms with van der Waals surface area (Å²) in [6, 6.07) is 10.8. The molecule has 34 heavy (non-hydrogen) atoms.